The fourth-order valence-corrected chi connectivity index (χ4v) is 3.78. The average Bonchev–Trinajstić information content (AvgIpc) is 2.54. The Labute approximate surface area is 142 Å². The lowest BCUT2D eigenvalue weighted by atomic mass is 10.1. The molecule has 0 aliphatic carbocycles. The van der Waals surface area contributed by atoms with E-state index >= 15 is 0 Å². The summed E-state index contributed by atoms with van der Waals surface area (Å²) >= 11 is 0. The topological polar surface area (TPSA) is 72.5 Å². The monoisotopic (exact) mass is 347 g/mol. The first kappa shape index (κ1) is 18.0. The third kappa shape index (κ3) is 4.14. The molecule has 1 amide bonds. The average molecular weight is 347 g/mol. The Morgan fingerprint density at radius 1 is 1.00 bits per heavy atom. The van der Waals surface area contributed by atoms with Crippen molar-refractivity contribution in [3.05, 3.63) is 65.2 Å². The van der Waals surface area contributed by atoms with Crippen LogP contribution < -0.4 is 5.32 Å². The van der Waals surface area contributed by atoms with Gasteiger partial charge in [-0.05, 0) is 38.5 Å². The molecule has 0 aromatic heterocycles. The van der Waals surface area contributed by atoms with Gasteiger partial charge in [-0.15, -0.1) is 0 Å². The summed E-state index contributed by atoms with van der Waals surface area (Å²) in [5.41, 5.74) is 2.44. The molecule has 128 valence electrons. The highest BCUT2D eigenvalue weighted by Gasteiger charge is 2.31. The molecule has 1 unspecified atom stereocenters. The number of carbonyl (C=O) groups excluding carboxylic acids is 1. The minimum absolute atomic E-state index is 0.149. The first-order valence-corrected chi connectivity index (χ1v) is 9.19. The number of nitrogens with one attached hydrogen (secondary N) is 1. The zero-order valence-electron chi connectivity index (χ0n) is 13.9. The van der Waals surface area contributed by atoms with E-state index in [-0.39, 0.29) is 11.5 Å². The molecule has 0 spiro atoms. The number of aryl methyl sites for hydroxylation is 2. The van der Waals surface area contributed by atoms with E-state index in [0.717, 1.165) is 11.1 Å². The Morgan fingerprint density at radius 3 is 2.00 bits per heavy atom. The molecule has 0 aliphatic rings. The Hall–Kier alpha value is -2.34. The molecule has 0 bridgehead atoms. The Bertz CT molecular complexity index is 796. The predicted molar refractivity (Wildman–Crippen MR) is 92.4 cm³/mol. The predicted octanol–water partition coefficient (Wildman–Crippen LogP) is 3.52. The van der Waals surface area contributed by atoms with Crippen molar-refractivity contribution in [1.82, 2.24) is 5.32 Å². The summed E-state index contributed by atoms with van der Waals surface area (Å²) in [4.78, 5) is 12.0. The molecular weight excluding hydrogens is 326 g/mol. The van der Waals surface area contributed by atoms with Gasteiger partial charge < -0.3 is 10.1 Å². The van der Waals surface area contributed by atoms with Crippen LogP contribution in [0.4, 0.5) is 4.79 Å². The quantitative estimate of drug-likeness (QED) is 0.898. The maximum atomic E-state index is 13.0. The number of benzene rings is 2. The molecule has 1 atom stereocenters. The molecule has 2 aromatic rings. The van der Waals surface area contributed by atoms with Crippen molar-refractivity contribution in [1.29, 1.82) is 0 Å². The Morgan fingerprint density at radius 2 is 1.50 bits per heavy atom. The van der Waals surface area contributed by atoms with Crippen LogP contribution in [0, 0.1) is 13.8 Å². The number of alkyl carbamates (subject to hydrolysis) is 1. The molecule has 2 aromatic carbocycles. The molecule has 1 N–H and O–H groups in total. The molecule has 0 heterocycles. The molecule has 0 saturated heterocycles. The van der Waals surface area contributed by atoms with Crippen LogP contribution in [0.25, 0.3) is 0 Å². The van der Waals surface area contributed by atoms with E-state index < -0.39 is 21.3 Å². The van der Waals surface area contributed by atoms with E-state index in [1.165, 1.54) is 0 Å². The minimum Gasteiger partial charge on any atom is -0.450 e. The van der Waals surface area contributed by atoms with E-state index in [1.54, 1.807) is 55.5 Å². The van der Waals surface area contributed by atoms with Gasteiger partial charge in [-0.1, -0.05) is 47.5 Å². The third-order valence-corrected chi connectivity index (χ3v) is 5.50. The van der Waals surface area contributed by atoms with Crippen LogP contribution in [0.15, 0.2) is 53.4 Å². The number of amides is 1. The number of ether oxygens (including phenoxy) is 1. The van der Waals surface area contributed by atoms with E-state index in [1.807, 2.05) is 13.8 Å². The summed E-state index contributed by atoms with van der Waals surface area (Å²) in [6.45, 7) is 5.61. The van der Waals surface area contributed by atoms with Crippen molar-refractivity contribution < 1.29 is 17.9 Å². The highest BCUT2D eigenvalue weighted by Crippen LogP contribution is 2.27. The van der Waals surface area contributed by atoms with Gasteiger partial charge >= 0.3 is 6.09 Å². The fourth-order valence-electron chi connectivity index (χ4n) is 2.23. The molecule has 2 rings (SSSR count). The molecular formula is C18H21NO4S. The van der Waals surface area contributed by atoms with Gasteiger partial charge in [0.15, 0.2) is 5.37 Å². The van der Waals surface area contributed by atoms with Crippen molar-refractivity contribution >= 4 is 15.9 Å². The summed E-state index contributed by atoms with van der Waals surface area (Å²) in [6.07, 6.45) is -0.765. The van der Waals surface area contributed by atoms with Crippen molar-refractivity contribution in [2.24, 2.45) is 0 Å². The summed E-state index contributed by atoms with van der Waals surface area (Å²) in [5.74, 6) is 0. The van der Waals surface area contributed by atoms with Crippen LogP contribution in [0.1, 0.15) is 29.0 Å². The lowest BCUT2D eigenvalue weighted by molar-refractivity contribution is 0.151. The van der Waals surface area contributed by atoms with E-state index in [9.17, 15) is 13.2 Å². The molecule has 24 heavy (non-hydrogen) atoms. The lowest BCUT2D eigenvalue weighted by Gasteiger charge is -2.20. The van der Waals surface area contributed by atoms with Crippen LogP contribution in [-0.2, 0) is 14.6 Å². The highest BCUT2D eigenvalue weighted by atomic mass is 32.2. The van der Waals surface area contributed by atoms with Gasteiger partial charge in [0.2, 0.25) is 9.84 Å². The summed E-state index contributed by atoms with van der Waals surface area (Å²) in [5, 5.41) is 1.25. The molecule has 0 fully saturated rings. The molecule has 5 nitrogen and oxygen atoms in total. The van der Waals surface area contributed by atoms with Gasteiger partial charge in [-0.25, -0.2) is 13.2 Å². The maximum absolute atomic E-state index is 13.0. The SMILES string of the molecule is CCOC(=O)NC(c1ccc(C)cc1)S(=O)(=O)c1ccc(C)cc1. The van der Waals surface area contributed by atoms with Crippen molar-refractivity contribution in [2.75, 3.05) is 6.61 Å². The summed E-state index contributed by atoms with van der Waals surface area (Å²) in [6, 6.07) is 13.5. The molecule has 0 radical (unpaired) electrons. The first-order valence-electron chi connectivity index (χ1n) is 7.65. The Kier molecular flexibility index (Phi) is 5.62. The van der Waals surface area contributed by atoms with Crippen LogP contribution >= 0.6 is 0 Å². The van der Waals surface area contributed by atoms with Crippen molar-refractivity contribution in [3.63, 3.8) is 0 Å². The van der Waals surface area contributed by atoms with Crippen molar-refractivity contribution in [3.8, 4) is 0 Å². The largest absolute Gasteiger partial charge is 0.450 e. The normalized spacial score (nSPS) is 12.5. The number of sulfone groups is 1. The first-order chi connectivity index (χ1) is 11.3. The van der Waals surface area contributed by atoms with Gasteiger partial charge in [0.05, 0.1) is 11.5 Å². The second-order valence-corrected chi connectivity index (χ2v) is 7.55. The van der Waals surface area contributed by atoms with Crippen LogP contribution in [0.3, 0.4) is 0 Å². The summed E-state index contributed by atoms with van der Waals surface area (Å²) < 4.78 is 30.9. The van der Waals surface area contributed by atoms with E-state index in [2.05, 4.69) is 5.32 Å². The number of carbonyl (C=O) groups is 1. The van der Waals surface area contributed by atoms with Crippen molar-refractivity contribution in [2.45, 2.75) is 31.0 Å². The van der Waals surface area contributed by atoms with E-state index in [4.69, 9.17) is 4.74 Å². The van der Waals surface area contributed by atoms with Crippen LogP contribution in [-0.4, -0.2) is 21.1 Å². The molecule has 0 saturated carbocycles. The van der Waals surface area contributed by atoms with Gasteiger partial charge in [-0.2, -0.15) is 0 Å². The van der Waals surface area contributed by atoms with Gasteiger partial charge in [0.1, 0.15) is 0 Å². The van der Waals surface area contributed by atoms with Crippen LogP contribution in [0.2, 0.25) is 0 Å². The second kappa shape index (κ2) is 7.49. The zero-order valence-corrected chi connectivity index (χ0v) is 14.8. The fraction of sp³-hybridized carbons (Fsp3) is 0.278. The lowest BCUT2D eigenvalue weighted by Crippen LogP contribution is -2.34. The van der Waals surface area contributed by atoms with E-state index in [0.29, 0.717) is 5.56 Å². The highest BCUT2D eigenvalue weighted by molar-refractivity contribution is 7.91. The standard InChI is InChI=1S/C18H21NO4S/c1-4-23-18(20)19-17(15-9-5-13(2)6-10-15)24(21,22)16-11-7-14(3)8-12-16/h5-12,17H,4H2,1-3H3,(H,19,20). The van der Waals surface area contributed by atoms with Gasteiger partial charge in [0, 0.05) is 0 Å². The van der Waals surface area contributed by atoms with Gasteiger partial charge in [0.25, 0.3) is 0 Å². The summed E-state index contributed by atoms with van der Waals surface area (Å²) in [7, 11) is -3.81. The maximum Gasteiger partial charge on any atom is 0.408 e. The van der Waals surface area contributed by atoms with Crippen LogP contribution in [0.5, 0.6) is 0 Å². The zero-order chi connectivity index (χ0) is 17.7. The molecule has 6 heteroatoms. The van der Waals surface area contributed by atoms with Gasteiger partial charge in [-0.3, -0.25) is 0 Å². The number of rotatable bonds is 5. The molecule has 0 aliphatic heterocycles. The Balaban J connectivity index is 2.45. The minimum atomic E-state index is -3.81. The number of hydrogen-bond acceptors (Lipinski definition) is 4. The second-order valence-electron chi connectivity index (χ2n) is 5.51. The number of hydrogen-bond donors (Lipinski definition) is 1. The smallest absolute Gasteiger partial charge is 0.408 e. The third-order valence-electron chi connectivity index (χ3n) is 3.56.